The Labute approximate surface area is 115 Å². The minimum absolute atomic E-state index is 0.463. The standard InChI is InChI=1S/C15H15NO2S/c17-15(18)13-9-11(14-16-6-7-19-14)8-10-4-2-1-3-5-12(10)13/h6-9H,1-5H2,(H,17,18). The fourth-order valence-electron chi connectivity index (χ4n) is 2.72. The summed E-state index contributed by atoms with van der Waals surface area (Å²) < 4.78 is 0. The highest BCUT2D eigenvalue weighted by atomic mass is 32.1. The molecule has 19 heavy (non-hydrogen) atoms. The molecule has 98 valence electrons. The quantitative estimate of drug-likeness (QED) is 0.847. The highest BCUT2D eigenvalue weighted by Crippen LogP contribution is 2.31. The first-order chi connectivity index (χ1) is 9.25. The summed E-state index contributed by atoms with van der Waals surface area (Å²) in [6.45, 7) is 0. The van der Waals surface area contributed by atoms with Crippen LogP contribution in [0.25, 0.3) is 10.6 Å². The van der Waals surface area contributed by atoms with Gasteiger partial charge in [-0.2, -0.15) is 0 Å². The zero-order valence-corrected chi connectivity index (χ0v) is 11.4. The molecule has 0 spiro atoms. The Morgan fingerprint density at radius 1 is 1.21 bits per heavy atom. The van der Waals surface area contributed by atoms with E-state index in [-0.39, 0.29) is 0 Å². The molecule has 0 atom stereocenters. The second-order valence-corrected chi connectivity index (χ2v) is 5.76. The number of carbonyl (C=O) groups is 1. The van der Waals surface area contributed by atoms with Crippen LogP contribution in [-0.4, -0.2) is 16.1 Å². The minimum atomic E-state index is -0.823. The monoisotopic (exact) mass is 273 g/mol. The molecule has 3 rings (SSSR count). The van der Waals surface area contributed by atoms with Crippen molar-refractivity contribution in [2.75, 3.05) is 0 Å². The van der Waals surface area contributed by atoms with Crippen molar-refractivity contribution in [3.8, 4) is 10.6 Å². The third-order valence-electron chi connectivity index (χ3n) is 3.62. The van der Waals surface area contributed by atoms with Crippen LogP contribution < -0.4 is 0 Å². The van der Waals surface area contributed by atoms with Crippen molar-refractivity contribution in [3.63, 3.8) is 0 Å². The number of aromatic carboxylic acids is 1. The van der Waals surface area contributed by atoms with E-state index in [2.05, 4.69) is 11.1 Å². The Bertz CT molecular complexity index is 605. The second kappa shape index (κ2) is 5.13. The Morgan fingerprint density at radius 3 is 2.79 bits per heavy atom. The van der Waals surface area contributed by atoms with Crippen molar-refractivity contribution < 1.29 is 9.90 Å². The number of fused-ring (bicyclic) bond motifs is 1. The third kappa shape index (κ3) is 2.40. The first-order valence-corrected chi connectivity index (χ1v) is 7.42. The van der Waals surface area contributed by atoms with Crippen molar-refractivity contribution in [3.05, 3.63) is 40.4 Å². The lowest BCUT2D eigenvalue weighted by Gasteiger charge is -2.11. The summed E-state index contributed by atoms with van der Waals surface area (Å²) in [6.07, 6.45) is 7.04. The first kappa shape index (κ1) is 12.4. The number of hydrogen-bond donors (Lipinski definition) is 1. The summed E-state index contributed by atoms with van der Waals surface area (Å²) in [7, 11) is 0. The second-order valence-electron chi connectivity index (χ2n) is 4.86. The topological polar surface area (TPSA) is 50.2 Å². The van der Waals surface area contributed by atoms with Gasteiger partial charge in [-0.1, -0.05) is 6.42 Å². The predicted octanol–water partition coefficient (Wildman–Crippen LogP) is 3.78. The molecule has 0 aliphatic heterocycles. The number of benzene rings is 1. The number of carboxylic acids is 1. The van der Waals surface area contributed by atoms with Crippen molar-refractivity contribution >= 4 is 17.3 Å². The SMILES string of the molecule is O=C(O)c1cc(-c2nccs2)cc2c1CCCCC2. The van der Waals surface area contributed by atoms with Crippen LogP contribution in [0, 0.1) is 0 Å². The molecule has 2 aromatic rings. The highest BCUT2D eigenvalue weighted by molar-refractivity contribution is 7.13. The maximum absolute atomic E-state index is 11.5. The smallest absolute Gasteiger partial charge is 0.335 e. The lowest BCUT2D eigenvalue weighted by molar-refractivity contribution is 0.0695. The summed E-state index contributed by atoms with van der Waals surface area (Å²) in [5.41, 5.74) is 3.63. The van der Waals surface area contributed by atoms with Crippen molar-refractivity contribution in [2.24, 2.45) is 0 Å². The molecule has 3 nitrogen and oxygen atoms in total. The number of rotatable bonds is 2. The summed E-state index contributed by atoms with van der Waals surface area (Å²) in [5, 5.41) is 12.3. The van der Waals surface area contributed by atoms with Crippen molar-refractivity contribution in [1.29, 1.82) is 0 Å². The van der Waals surface area contributed by atoms with Gasteiger partial charge in [-0.15, -0.1) is 11.3 Å². The van der Waals surface area contributed by atoms with E-state index in [4.69, 9.17) is 0 Å². The van der Waals surface area contributed by atoms with Gasteiger partial charge in [-0.3, -0.25) is 0 Å². The Morgan fingerprint density at radius 2 is 2.05 bits per heavy atom. The predicted molar refractivity (Wildman–Crippen MR) is 75.8 cm³/mol. The largest absolute Gasteiger partial charge is 0.478 e. The van der Waals surface area contributed by atoms with Gasteiger partial charge >= 0.3 is 5.97 Å². The fraction of sp³-hybridized carbons (Fsp3) is 0.333. The van der Waals surface area contributed by atoms with Crippen molar-refractivity contribution in [2.45, 2.75) is 32.1 Å². The summed E-state index contributed by atoms with van der Waals surface area (Å²) in [6, 6.07) is 3.91. The van der Waals surface area contributed by atoms with Crippen LogP contribution in [0.3, 0.4) is 0 Å². The van der Waals surface area contributed by atoms with Gasteiger partial charge in [-0.25, -0.2) is 9.78 Å². The molecular weight excluding hydrogens is 258 g/mol. The van der Waals surface area contributed by atoms with Crippen LogP contribution in [0.1, 0.15) is 40.7 Å². The molecule has 0 bridgehead atoms. The van der Waals surface area contributed by atoms with Gasteiger partial charge in [0.15, 0.2) is 0 Å². The van der Waals surface area contributed by atoms with E-state index in [1.807, 2.05) is 5.38 Å². The minimum Gasteiger partial charge on any atom is -0.478 e. The molecule has 1 aliphatic carbocycles. The van der Waals surface area contributed by atoms with Gasteiger partial charge < -0.3 is 5.11 Å². The highest BCUT2D eigenvalue weighted by Gasteiger charge is 2.18. The maximum Gasteiger partial charge on any atom is 0.335 e. The van der Waals surface area contributed by atoms with Crippen LogP contribution >= 0.6 is 11.3 Å². The molecule has 0 saturated carbocycles. The van der Waals surface area contributed by atoms with Crippen LogP contribution in [0.2, 0.25) is 0 Å². The Balaban J connectivity index is 2.16. The maximum atomic E-state index is 11.5. The van der Waals surface area contributed by atoms with Gasteiger partial charge in [0.05, 0.1) is 5.56 Å². The Hall–Kier alpha value is -1.68. The molecule has 1 aliphatic rings. The van der Waals surface area contributed by atoms with Gasteiger partial charge in [-0.05, 0) is 48.9 Å². The van der Waals surface area contributed by atoms with Gasteiger partial charge in [0, 0.05) is 17.1 Å². The summed E-state index contributed by atoms with van der Waals surface area (Å²) in [4.78, 5) is 15.8. The molecular formula is C15H15NO2S. The van der Waals surface area contributed by atoms with Gasteiger partial charge in [0.2, 0.25) is 0 Å². The molecule has 1 N–H and O–H groups in total. The lowest BCUT2D eigenvalue weighted by atomic mass is 9.94. The molecule has 0 fully saturated rings. The van der Waals surface area contributed by atoms with E-state index in [1.165, 1.54) is 12.0 Å². The fourth-order valence-corrected chi connectivity index (χ4v) is 3.35. The number of hydrogen-bond acceptors (Lipinski definition) is 3. The number of carboxylic acid groups (broad SMARTS) is 1. The van der Waals surface area contributed by atoms with E-state index in [1.54, 1.807) is 23.6 Å². The average Bonchev–Trinajstić information content (AvgIpc) is 2.83. The van der Waals surface area contributed by atoms with E-state index in [0.29, 0.717) is 5.56 Å². The van der Waals surface area contributed by atoms with Crippen LogP contribution in [-0.2, 0) is 12.8 Å². The van der Waals surface area contributed by atoms with Crippen molar-refractivity contribution in [1.82, 2.24) is 4.98 Å². The molecule has 0 radical (unpaired) electrons. The molecule has 0 saturated heterocycles. The normalized spacial score (nSPS) is 14.7. The molecule has 0 amide bonds. The lowest BCUT2D eigenvalue weighted by Crippen LogP contribution is -2.06. The van der Waals surface area contributed by atoms with Crippen LogP contribution in [0.15, 0.2) is 23.7 Å². The summed E-state index contributed by atoms with van der Waals surface area (Å²) >= 11 is 1.55. The van der Waals surface area contributed by atoms with E-state index < -0.39 is 5.97 Å². The van der Waals surface area contributed by atoms with E-state index in [9.17, 15) is 9.90 Å². The zero-order chi connectivity index (χ0) is 13.2. The number of nitrogens with zero attached hydrogens (tertiary/aromatic N) is 1. The Kier molecular flexibility index (Phi) is 3.34. The average molecular weight is 273 g/mol. The molecule has 4 heteroatoms. The first-order valence-electron chi connectivity index (χ1n) is 6.54. The van der Waals surface area contributed by atoms with E-state index in [0.717, 1.165) is 41.8 Å². The molecule has 0 unspecified atom stereocenters. The van der Waals surface area contributed by atoms with Gasteiger partial charge in [0.25, 0.3) is 0 Å². The molecule has 1 aromatic carbocycles. The zero-order valence-electron chi connectivity index (χ0n) is 10.6. The third-order valence-corrected chi connectivity index (χ3v) is 4.45. The summed E-state index contributed by atoms with van der Waals surface area (Å²) in [5.74, 6) is -0.823. The van der Waals surface area contributed by atoms with Gasteiger partial charge in [0.1, 0.15) is 5.01 Å². The number of aromatic nitrogens is 1. The number of aryl methyl sites for hydroxylation is 1. The molecule has 1 aromatic heterocycles. The number of thiazole rings is 1. The van der Waals surface area contributed by atoms with Crippen LogP contribution in [0.5, 0.6) is 0 Å². The van der Waals surface area contributed by atoms with Crippen LogP contribution in [0.4, 0.5) is 0 Å². The molecule has 1 heterocycles. The van der Waals surface area contributed by atoms with E-state index >= 15 is 0 Å².